The third-order valence-electron chi connectivity index (χ3n) is 6.28. The van der Waals surface area contributed by atoms with Crippen molar-refractivity contribution in [3.8, 4) is 0 Å². The molecule has 1 heterocycles. The maximum atomic E-state index is 11.6. The van der Waals surface area contributed by atoms with Crippen molar-refractivity contribution in [2.24, 2.45) is 10.9 Å². The Morgan fingerprint density at radius 1 is 0.838 bits per heavy atom. The average Bonchev–Trinajstić information content (AvgIpc) is 2.80. The predicted octanol–water partition coefficient (Wildman–Crippen LogP) is 1.07. The smallest absolute Gasteiger partial charge is 0.317 e. The van der Waals surface area contributed by atoms with Gasteiger partial charge in [0.15, 0.2) is 0 Å². The Bertz CT molecular complexity index is 940. The molecule has 1 fully saturated rings. The molecule has 1 atom stereocenters. The minimum absolute atomic E-state index is 0.0703. The van der Waals surface area contributed by atoms with Gasteiger partial charge >= 0.3 is 17.9 Å². The third-order valence-corrected chi connectivity index (χ3v) is 6.37. The molecular weight excluding hydrogens is 498 g/mol. The maximum absolute atomic E-state index is 11.6. The van der Waals surface area contributed by atoms with Crippen LogP contribution in [0.15, 0.2) is 29.3 Å². The van der Waals surface area contributed by atoms with E-state index in [9.17, 15) is 29.7 Å². The summed E-state index contributed by atoms with van der Waals surface area (Å²) in [4.78, 5) is 46.1. The van der Waals surface area contributed by atoms with Crippen molar-refractivity contribution in [1.29, 1.82) is 0 Å². The van der Waals surface area contributed by atoms with Crippen molar-refractivity contribution in [2.75, 3.05) is 79.0 Å². The number of benzene rings is 1. The summed E-state index contributed by atoms with van der Waals surface area (Å²) in [5.74, 6) is -2.68. The molecule has 0 bridgehead atoms. The summed E-state index contributed by atoms with van der Waals surface area (Å²) in [5, 5.41) is 30.5. The highest BCUT2D eigenvalue weighted by atomic mass is 32.1. The molecule has 204 valence electrons. The zero-order valence-corrected chi connectivity index (χ0v) is 22.1. The molecule has 0 spiro atoms. The minimum atomic E-state index is -0.950. The Hall–Kier alpha value is -2.73. The second-order valence-electron chi connectivity index (χ2n) is 9.52. The second-order valence-corrected chi connectivity index (χ2v) is 9.71. The van der Waals surface area contributed by atoms with Gasteiger partial charge in [-0.15, -0.1) is 0 Å². The number of carbonyl (C=O) groups is 3. The number of aliphatic imine (C=N–C) groups is 1. The average molecular weight is 536 g/mol. The topological polar surface area (TPSA) is 137 Å². The number of thiocarbonyl (C=S) groups is 1. The van der Waals surface area contributed by atoms with Gasteiger partial charge in [0.05, 0.1) is 30.5 Å². The molecule has 1 unspecified atom stereocenters. The summed E-state index contributed by atoms with van der Waals surface area (Å²) in [6, 6.07) is 7.68. The van der Waals surface area contributed by atoms with Crippen LogP contribution in [0, 0.1) is 5.92 Å². The van der Waals surface area contributed by atoms with Gasteiger partial charge in [-0.05, 0) is 55.7 Å². The number of likely N-dealkylation sites (N-methyl/N-ethyl adjacent to an activating group) is 1. The fourth-order valence-corrected chi connectivity index (χ4v) is 4.74. The van der Waals surface area contributed by atoms with Crippen LogP contribution in [-0.4, -0.2) is 137 Å². The van der Waals surface area contributed by atoms with E-state index in [2.05, 4.69) is 27.3 Å². The lowest BCUT2D eigenvalue weighted by molar-refractivity contribution is -0.140. The fraction of sp³-hybridized carbons (Fsp3) is 0.600. The summed E-state index contributed by atoms with van der Waals surface area (Å²) in [7, 11) is 1.99. The van der Waals surface area contributed by atoms with E-state index >= 15 is 0 Å². The van der Waals surface area contributed by atoms with E-state index in [1.807, 2.05) is 41.1 Å². The summed E-state index contributed by atoms with van der Waals surface area (Å²) in [6.07, 6.45) is 1.33. The van der Waals surface area contributed by atoms with E-state index in [4.69, 9.17) is 0 Å². The SMILES string of the molecule is CN1CCN(CC(=O)O)CCCN(CC(=O)O)CCN(CC(=O)O)CC(Cc2ccc(N=C=S)cc2)C1. The van der Waals surface area contributed by atoms with Crippen LogP contribution < -0.4 is 0 Å². The van der Waals surface area contributed by atoms with E-state index in [1.54, 1.807) is 4.90 Å². The molecule has 1 aliphatic heterocycles. The summed E-state index contributed by atoms with van der Waals surface area (Å²) in [6.45, 7) is 3.94. The van der Waals surface area contributed by atoms with Gasteiger partial charge in [0, 0.05) is 52.4 Å². The Kier molecular flexibility index (Phi) is 13.3. The first-order valence-corrected chi connectivity index (χ1v) is 12.7. The molecule has 0 saturated carbocycles. The van der Waals surface area contributed by atoms with Crippen molar-refractivity contribution in [1.82, 2.24) is 19.6 Å². The molecule has 12 heteroatoms. The molecule has 0 radical (unpaired) electrons. The highest BCUT2D eigenvalue weighted by Gasteiger charge is 2.22. The highest BCUT2D eigenvalue weighted by molar-refractivity contribution is 7.78. The monoisotopic (exact) mass is 535 g/mol. The first-order chi connectivity index (χ1) is 17.6. The Balaban J connectivity index is 2.25. The molecule has 2 rings (SSSR count). The summed E-state index contributed by atoms with van der Waals surface area (Å²) in [5.41, 5.74) is 1.80. The molecule has 1 aromatic rings. The molecule has 1 aromatic carbocycles. The predicted molar refractivity (Wildman–Crippen MR) is 143 cm³/mol. The minimum Gasteiger partial charge on any atom is -0.480 e. The lowest BCUT2D eigenvalue weighted by atomic mass is 9.97. The van der Waals surface area contributed by atoms with Gasteiger partial charge in [0.2, 0.25) is 0 Å². The Morgan fingerprint density at radius 3 is 1.89 bits per heavy atom. The van der Waals surface area contributed by atoms with Gasteiger partial charge in [-0.2, -0.15) is 4.99 Å². The van der Waals surface area contributed by atoms with Gasteiger partial charge in [-0.25, -0.2) is 0 Å². The number of rotatable bonds is 9. The maximum Gasteiger partial charge on any atom is 0.317 e. The van der Waals surface area contributed by atoms with Crippen molar-refractivity contribution in [3.05, 3.63) is 29.8 Å². The Labute approximate surface area is 223 Å². The molecule has 0 aliphatic carbocycles. The van der Waals surface area contributed by atoms with Crippen LogP contribution in [-0.2, 0) is 20.8 Å². The van der Waals surface area contributed by atoms with Crippen molar-refractivity contribution in [3.63, 3.8) is 0 Å². The van der Waals surface area contributed by atoms with Gasteiger partial charge in [-0.1, -0.05) is 12.1 Å². The zero-order valence-electron chi connectivity index (χ0n) is 21.3. The summed E-state index contributed by atoms with van der Waals surface area (Å²) >= 11 is 4.66. The van der Waals surface area contributed by atoms with E-state index < -0.39 is 17.9 Å². The van der Waals surface area contributed by atoms with Gasteiger partial charge in [0.1, 0.15) is 0 Å². The van der Waals surface area contributed by atoms with Crippen LogP contribution in [0.2, 0.25) is 0 Å². The van der Waals surface area contributed by atoms with Crippen LogP contribution in [0.4, 0.5) is 5.69 Å². The van der Waals surface area contributed by atoms with Crippen LogP contribution in [0.5, 0.6) is 0 Å². The number of hydrogen-bond acceptors (Lipinski definition) is 9. The van der Waals surface area contributed by atoms with Gasteiger partial charge in [-0.3, -0.25) is 29.1 Å². The third kappa shape index (κ3) is 12.9. The molecular formula is C25H37N5O6S. The fourth-order valence-electron chi connectivity index (χ4n) is 4.64. The highest BCUT2D eigenvalue weighted by Crippen LogP contribution is 2.17. The van der Waals surface area contributed by atoms with Crippen molar-refractivity contribution in [2.45, 2.75) is 12.8 Å². The first-order valence-electron chi connectivity index (χ1n) is 12.3. The van der Waals surface area contributed by atoms with E-state index in [0.29, 0.717) is 70.9 Å². The van der Waals surface area contributed by atoms with E-state index in [1.165, 1.54) is 0 Å². The Morgan fingerprint density at radius 2 is 1.35 bits per heavy atom. The molecule has 11 nitrogen and oxygen atoms in total. The number of nitrogens with zero attached hydrogens (tertiary/aromatic N) is 5. The standard InChI is InChI=1S/C25H37N5O6S/c1-27-9-10-28(16-23(31)32)7-2-8-29(17-24(33)34)11-12-30(18-25(35)36)15-21(14-27)13-20-3-5-22(6-4-20)26-19-37/h3-6,21H,2,7-18H2,1H3,(H,31,32)(H,33,34)(H,35,36). The molecule has 1 aliphatic rings. The number of hydrogen-bond donors (Lipinski definition) is 3. The van der Waals surface area contributed by atoms with Crippen LogP contribution in [0.1, 0.15) is 12.0 Å². The molecule has 3 N–H and O–H groups in total. The lowest BCUT2D eigenvalue weighted by Gasteiger charge is -2.33. The molecule has 37 heavy (non-hydrogen) atoms. The molecule has 0 amide bonds. The largest absolute Gasteiger partial charge is 0.480 e. The van der Waals surface area contributed by atoms with Gasteiger partial charge < -0.3 is 20.2 Å². The number of isothiocyanates is 1. The van der Waals surface area contributed by atoms with Crippen LogP contribution in [0.3, 0.4) is 0 Å². The zero-order chi connectivity index (χ0) is 27.2. The molecule has 1 saturated heterocycles. The van der Waals surface area contributed by atoms with Crippen molar-refractivity contribution < 1.29 is 29.7 Å². The normalized spacial score (nSPS) is 20.0. The van der Waals surface area contributed by atoms with Crippen molar-refractivity contribution >= 4 is 41.0 Å². The molecule has 0 aromatic heterocycles. The number of aliphatic carboxylic acids is 3. The van der Waals surface area contributed by atoms with Gasteiger partial charge in [0.25, 0.3) is 0 Å². The van der Waals surface area contributed by atoms with E-state index in [0.717, 1.165) is 5.56 Å². The quantitative estimate of drug-likeness (QED) is 0.309. The number of carboxylic acids is 3. The van der Waals surface area contributed by atoms with E-state index in [-0.39, 0.29) is 25.6 Å². The van der Waals surface area contributed by atoms with Crippen LogP contribution in [0.25, 0.3) is 0 Å². The first kappa shape index (κ1) is 30.5. The van der Waals surface area contributed by atoms with Crippen LogP contribution >= 0.6 is 12.2 Å². The number of carboxylic acid groups (broad SMARTS) is 3. The lowest BCUT2D eigenvalue weighted by Crippen LogP contribution is -2.46. The summed E-state index contributed by atoms with van der Waals surface area (Å²) < 4.78 is 0. The second kappa shape index (κ2) is 16.2.